The van der Waals surface area contributed by atoms with E-state index in [-0.39, 0.29) is 5.56 Å². The van der Waals surface area contributed by atoms with Crippen LogP contribution in [0.3, 0.4) is 0 Å². The summed E-state index contributed by atoms with van der Waals surface area (Å²) in [5, 5.41) is 0. The molecule has 0 N–H and O–H groups in total. The molecular weight excluding hydrogens is 215 g/mol. The van der Waals surface area contributed by atoms with E-state index in [1.54, 1.807) is 12.2 Å². The van der Waals surface area contributed by atoms with E-state index in [1.165, 1.54) is 19.2 Å². The standard InChI is InChI=1S/C11H11FO2S/c1-14-11(13)9-5-4-8(3-2-6-15)10(12)7-9/h2-5,7,15H,6H2,1H3. The Hall–Kier alpha value is -1.29. The van der Waals surface area contributed by atoms with Crippen molar-refractivity contribution in [1.29, 1.82) is 0 Å². The van der Waals surface area contributed by atoms with E-state index < -0.39 is 11.8 Å². The Balaban J connectivity index is 2.98. The maximum atomic E-state index is 13.4. The Bertz CT molecular complexity index is 388. The molecule has 80 valence electrons. The molecule has 0 radical (unpaired) electrons. The minimum atomic E-state index is -0.543. The zero-order chi connectivity index (χ0) is 11.3. The topological polar surface area (TPSA) is 26.3 Å². The van der Waals surface area contributed by atoms with Gasteiger partial charge in [-0.3, -0.25) is 0 Å². The van der Waals surface area contributed by atoms with Crippen molar-refractivity contribution in [2.75, 3.05) is 12.9 Å². The summed E-state index contributed by atoms with van der Waals surface area (Å²) in [6.45, 7) is 0. The molecule has 1 aromatic rings. The van der Waals surface area contributed by atoms with Gasteiger partial charge in [-0.2, -0.15) is 12.6 Å². The van der Waals surface area contributed by atoms with Crippen molar-refractivity contribution in [2.24, 2.45) is 0 Å². The van der Waals surface area contributed by atoms with Crippen LogP contribution < -0.4 is 0 Å². The summed E-state index contributed by atoms with van der Waals surface area (Å²) in [6, 6.07) is 4.21. The Labute approximate surface area is 93.2 Å². The van der Waals surface area contributed by atoms with Gasteiger partial charge in [0.2, 0.25) is 0 Å². The predicted molar refractivity (Wildman–Crippen MR) is 60.6 cm³/mol. The normalized spacial score (nSPS) is 10.6. The highest BCUT2D eigenvalue weighted by Gasteiger charge is 2.07. The van der Waals surface area contributed by atoms with Crippen LogP contribution in [-0.4, -0.2) is 18.8 Å². The van der Waals surface area contributed by atoms with Crippen LogP contribution in [0.5, 0.6) is 0 Å². The highest BCUT2D eigenvalue weighted by molar-refractivity contribution is 7.80. The van der Waals surface area contributed by atoms with Crippen LogP contribution in [-0.2, 0) is 4.74 Å². The summed E-state index contributed by atoms with van der Waals surface area (Å²) < 4.78 is 17.9. The van der Waals surface area contributed by atoms with Gasteiger partial charge in [0.25, 0.3) is 0 Å². The molecule has 15 heavy (non-hydrogen) atoms. The SMILES string of the molecule is COC(=O)c1ccc(C=CCS)c(F)c1. The van der Waals surface area contributed by atoms with Crippen LogP contribution in [0.25, 0.3) is 6.08 Å². The lowest BCUT2D eigenvalue weighted by Gasteiger charge is -2.01. The highest BCUT2D eigenvalue weighted by atomic mass is 32.1. The number of hydrogen-bond donors (Lipinski definition) is 1. The lowest BCUT2D eigenvalue weighted by Crippen LogP contribution is -2.01. The van der Waals surface area contributed by atoms with E-state index in [0.717, 1.165) is 6.07 Å². The van der Waals surface area contributed by atoms with Crippen molar-refractivity contribution >= 4 is 24.7 Å². The zero-order valence-corrected chi connectivity index (χ0v) is 9.13. The maximum Gasteiger partial charge on any atom is 0.337 e. The second kappa shape index (κ2) is 5.56. The van der Waals surface area contributed by atoms with Crippen molar-refractivity contribution in [3.63, 3.8) is 0 Å². The number of esters is 1. The molecule has 2 nitrogen and oxygen atoms in total. The molecule has 0 saturated heterocycles. The first-order valence-electron chi connectivity index (χ1n) is 4.34. The van der Waals surface area contributed by atoms with Gasteiger partial charge in [0.05, 0.1) is 12.7 Å². The van der Waals surface area contributed by atoms with Crippen molar-refractivity contribution in [3.8, 4) is 0 Å². The predicted octanol–water partition coefficient (Wildman–Crippen LogP) is 2.56. The third-order valence-electron chi connectivity index (χ3n) is 1.82. The molecule has 0 saturated carbocycles. The molecule has 1 rings (SSSR count). The average Bonchev–Trinajstić information content (AvgIpc) is 2.26. The molecular formula is C11H11FO2S. The lowest BCUT2D eigenvalue weighted by atomic mass is 10.1. The average molecular weight is 226 g/mol. The van der Waals surface area contributed by atoms with E-state index in [1.807, 2.05) is 0 Å². The smallest absolute Gasteiger partial charge is 0.337 e. The highest BCUT2D eigenvalue weighted by Crippen LogP contribution is 2.13. The number of carbonyl (C=O) groups is 1. The second-order valence-corrected chi connectivity index (χ2v) is 3.18. The molecule has 0 aromatic heterocycles. The minimum Gasteiger partial charge on any atom is -0.465 e. The fourth-order valence-electron chi connectivity index (χ4n) is 1.09. The molecule has 0 unspecified atom stereocenters. The molecule has 0 aliphatic rings. The molecule has 0 heterocycles. The first kappa shape index (κ1) is 11.8. The fourth-order valence-corrected chi connectivity index (χ4v) is 1.19. The summed E-state index contributed by atoms with van der Waals surface area (Å²) in [6.07, 6.45) is 3.34. The van der Waals surface area contributed by atoms with Gasteiger partial charge in [-0.05, 0) is 12.1 Å². The van der Waals surface area contributed by atoms with Gasteiger partial charge in [0, 0.05) is 11.3 Å². The second-order valence-electron chi connectivity index (χ2n) is 2.81. The van der Waals surface area contributed by atoms with Crippen LogP contribution >= 0.6 is 12.6 Å². The summed E-state index contributed by atoms with van der Waals surface area (Å²) in [7, 11) is 1.26. The Morgan fingerprint density at radius 1 is 1.60 bits per heavy atom. The molecule has 0 spiro atoms. The molecule has 4 heteroatoms. The van der Waals surface area contributed by atoms with Gasteiger partial charge in [-0.25, -0.2) is 9.18 Å². The number of benzene rings is 1. The molecule has 0 fully saturated rings. The number of thiol groups is 1. The lowest BCUT2D eigenvalue weighted by molar-refractivity contribution is 0.0600. The fraction of sp³-hybridized carbons (Fsp3) is 0.182. The third-order valence-corrected chi connectivity index (χ3v) is 2.04. The van der Waals surface area contributed by atoms with Crippen LogP contribution in [0.4, 0.5) is 4.39 Å². The number of methoxy groups -OCH3 is 1. The Morgan fingerprint density at radius 3 is 2.87 bits per heavy atom. The number of carbonyl (C=O) groups excluding carboxylic acids is 1. The first-order chi connectivity index (χ1) is 7.19. The van der Waals surface area contributed by atoms with Gasteiger partial charge >= 0.3 is 5.97 Å². The van der Waals surface area contributed by atoms with Crippen molar-refractivity contribution in [1.82, 2.24) is 0 Å². The zero-order valence-electron chi connectivity index (χ0n) is 8.24. The van der Waals surface area contributed by atoms with Crippen LogP contribution in [0.1, 0.15) is 15.9 Å². The van der Waals surface area contributed by atoms with Gasteiger partial charge in [-0.1, -0.05) is 18.2 Å². The number of rotatable bonds is 3. The summed E-state index contributed by atoms with van der Waals surface area (Å²) in [5.74, 6) is -0.451. The van der Waals surface area contributed by atoms with Gasteiger partial charge in [-0.15, -0.1) is 0 Å². The van der Waals surface area contributed by atoms with E-state index in [4.69, 9.17) is 0 Å². The summed E-state index contributed by atoms with van der Waals surface area (Å²) in [4.78, 5) is 11.1. The van der Waals surface area contributed by atoms with E-state index in [2.05, 4.69) is 17.4 Å². The largest absolute Gasteiger partial charge is 0.465 e. The van der Waals surface area contributed by atoms with Gasteiger partial charge in [0.15, 0.2) is 0 Å². The molecule has 0 aliphatic carbocycles. The van der Waals surface area contributed by atoms with Gasteiger partial charge in [0.1, 0.15) is 5.82 Å². The number of ether oxygens (including phenoxy) is 1. The monoisotopic (exact) mass is 226 g/mol. The summed E-state index contributed by atoms with van der Waals surface area (Å²) in [5.41, 5.74) is 0.634. The number of hydrogen-bond acceptors (Lipinski definition) is 3. The first-order valence-corrected chi connectivity index (χ1v) is 4.97. The minimum absolute atomic E-state index is 0.207. The maximum absolute atomic E-state index is 13.4. The van der Waals surface area contributed by atoms with Crippen molar-refractivity contribution < 1.29 is 13.9 Å². The quantitative estimate of drug-likeness (QED) is 0.633. The molecule has 0 atom stereocenters. The summed E-state index contributed by atoms with van der Waals surface area (Å²) >= 11 is 3.97. The van der Waals surface area contributed by atoms with Crippen molar-refractivity contribution in [2.45, 2.75) is 0 Å². The van der Waals surface area contributed by atoms with Crippen LogP contribution in [0.2, 0.25) is 0 Å². The van der Waals surface area contributed by atoms with E-state index in [0.29, 0.717) is 11.3 Å². The van der Waals surface area contributed by atoms with Crippen LogP contribution in [0, 0.1) is 5.82 Å². The van der Waals surface area contributed by atoms with Crippen molar-refractivity contribution in [3.05, 3.63) is 41.2 Å². The van der Waals surface area contributed by atoms with E-state index >= 15 is 0 Å². The Kier molecular flexibility index (Phi) is 4.37. The van der Waals surface area contributed by atoms with Gasteiger partial charge < -0.3 is 4.74 Å². The third kappa shape index (κ3) is 3.09. The van der Waals surface area contributed by atoms with Crippen LogP contribution in [0.15, 0.2) is 24.3 Å². The molecule has 0 aliphatic heterocycles. The number of halogens is 1. The molecule has 0 amide bonds. The Morgan fingerprint density at radius 2 is 2.33 bits per heavy atom. The van der Waals surface area contributed by atoms with E-state index in [9.17, 15) is 9.18 Å². The molecule has 0 bridgehead atoms. The molecule has 1 aromatic carbocycles.